The van der Waals surface area contributed by atoms with Crippen LogP contribution in [0.3, 0.4) is 0 Å². The van der Waals surface area contributed by atoms with E-state index < -0.39 is 0 Å². The van der Waals surface area contributed by atoms with Crippen molar-refractivity contribution in [3.63, 3.8) is 0 Å². The summed E-state index contributed by atoms with van der Waals surface area (Å²) in [4.78, 5) is 0. The second kappa shape index (κ2) is 8.85. The minimum Gasteiger partial charge on any atom is -1.00 e. The zero-order valence-electron chi connectivity index (χ0n) is 2.91. The zero-order chi connectivity index (χ0) is 3.58. The lowest BCUT2D eigenvalue weighted by atomic mass is 11.1. The molecule has 0 atom stereocenters. The van der Waals surface area contributed by atoms with Crippen molar-refractivity contribution < 1.29 is 24.8 Å². The summed E-state index contributed by atoms with van der Waals surface area (Å²) in [5.74, 6) is -0.333. The van der Waals surface area contributed by atoms with Crippen LogP contribution in [0.2, 0.25) is 0 Å². The monoisotopic (exact) mass is 129 g/mol. The standard InChI is InChI=1S/CH5N3.2ClH/c2-1(3)4;;/h(H5,2,3,4);2*1H/p-2. The van der Waals surface area contributed by atoms with Crippen LogP contribution in [0.4, 0.5) is 0 Å². The molecular weight excluding hydrogens is 125 g/mol. The van der Waals surface area contributed by atoms with Gasteiger partial charge in [-0.1, -0.05) is 0 Å². The highest BCUT2D eigenvalue weighted by atomic mass is 35.5. The molecule has 0 saturated carbocycles. The molecule has 0 radical (unpaired) electrons. The molecule has 0 aliphatic heterocycles. The Morgan fingerprint density at radius 3 is 1.17 bits per heavy atom. The third kappa shape index (κ3) is 1390. The van der Waals surface area contributed by atoms with Gasteiger partial charge in [0.2, 0.25) is 0 Å². The second-order valence-corrected chi connectivity index (χ2v) is 0.455. The van der Waals surface area contributed by atoms with Crippen LogP contribution in [-0.2, 0) is 0 Å². The van der Waals surface area contributed by atoms with Crippen LogP contribution in [0.25, 0.3) is 0 Å². The Hall–Kier alpha value is -0.150. The van der Waals surface area contributed by atoms with Gasteiger partial charge in [-0.15, -0.1) is 0 Å². The van der Waals surface area contributed by atoms with Crippen molar-refractivity contribution >= 4 is 5.96 Å². The molecule has 0 aromatic heterocycles. The van der Waals surface area contributed by atoms with Gasteiger partial charge in [0.15, 0.2) is 5.96 Å². The van der Waals surface area contributed by atoms with Gasteiger partial charge in [0.05, 0.1) is 0 Å². The molecule has 0 aromatic carbocycles. The molecule has 0 bridgehead atoms. The molecule has 0 unspecified atom stereocenters. The van der Waals surface area contributed by atoms with Crippen LogP contribution in [0.5, 0.6) is 0 Å². The number of nitrogens with one attached hydrogen (secondary N) is 1. The summed E-state index contributed by atoms with van der Waals surface area (Å²) < 4.78 is 0. The van der Waals surface area contributed by atoms with Crippen LogP contribution >= 0.6 is 0 Å². The van der Waals surface area contributed by atoms with Crippen LogP contribution in [0.1, 0.15) is 0 Å². The highest BCUT2D eigenvalue weighted by Gasteiger charge is 1.52. The van der Waals surface area contributed by atoms with E-state index in [2.05, 4.69) is 11.5 Å². The first kappa shape index (κ1) is 16.9. The average Bonchev–Trinajstić information content (AvgIpc) is 0.811. The van der Waals surface area contributed by atoms with Gasteiger partial charge in [0, 0.05) is 0 Å². The number of nitrogens with two attached hydrogens (primary N) is 2. The van der Waals surface area contributed by atoms with Gasteiger partial charge in [0.1, 0.15) is 0 Å². The fourth-order valence-electron chi connectivity index (χ4n) is 0. The Kier molecular flexibility index (Phi) is 25.0. The minimum absolute atomic E-state index is 0. The lowest BCUT2D eigenvalue weighted by Crippen LogP contribution is -3.00. The normalized spacial score (nSPS) is 4.00. The third-order valence-corrected chi connectivity index (χ3v) is 0. The molecule has 3 nitrogen and oxygen atoms in total. The first-order valence-electron chi connectivity index (χ1n) is 0.827. The van der Waals surface area contributed by atoms with Gasteiger partial charge in [0.25, 0.3) is 0 Å². The van der Waals surface area contributed by atoms with Crippen LogP contribution < -0.4 is 36.3 Å². The number of guanidine groups is 1. The second-order valence-electron chi connectivity index (χ2n) is 0.455. The molecule has 0 aliphatic carbocycles. The van der Waals surface area contributed by atoms with E-state index >= 15 is 0 Å². The molecule has 40 valence electrons. The maximum Gasteiger partial charge on any atom is 0.183 e. The Balaban J connectivity index is -0.0000000450. The Bertz CT molecular complexity index is 31.8. The smallest absolute Gasteiger partial charge is 0.183 e. The quantitative estimate of drug-likeness (QED) is 0.225. The minimum atomic E-state index is -0.333. The summed E-state index contributed by atoms with van der Waals surface area (Å²) in [6.45, 7) is 0. The Labute approximate surface area is 48.4 Å². The Morgan fingerprint density at radius 2 is 1.17 bits per heavy atom. The predicted molar refractivity (Wildman–Crippen MR) is 16.1 cm³/mol. The van der Waals surface area contributed by atoms with E-state index in [-0.39, 0.29) is 30.8 Å². The van der Waals surface area contributed by atoms with Crippen molar-refractivity contribution in [2.45, 2.75) is 0 Å². The van der Waals surface area contributed by atoms with E-state index in [1.165, 1.54) is 0 Å². The molecule has 0 aromatic rings. The molecule has 0 amide bonds. The van der Waals surface area contributed by atoms with Crippen LogP contribution in [0.15, 0.2) is 0 Å². The summed E-state index contributed by atoms with van der Waals surface area (Å²) in [5.41, 5.74) is 8.94. The van der Waals surface area contributed by atoms with Crippen LogP contribution in [-0.4, -0.2) is 5.96 Å². The fraction of sp³-hybridized carbons (Fsp3) is 0. The molecule has 5 heteroatoms. The number of hydrogen-bond acceptors (Lipinski definition) is 1. The molecule has 0 saturated heterocycles. The topological polar surface area (TPSA) is 75.9 Å². The summed E-state index contributed by atoms with van der Waals surface area (Å²) in [6, 6.07) is 0. The van der Waals surface area contributed by atoms with E-state index in [1.54, 1.807) is 0 Å². The number of halogens is 2. The fourth-order valence-corrected chi connectivity index (χ4v) is 0. The van der Waals surface area contributed by atoms with Crippen molar-refractivity contribution in [3.8, 4) is 0 Å². The van der Waals surface area contributed by atoms with Gasteiger partial charge >= 0.3 is 0 Å². The molecule has 0 rings (SSSR count). The van der Waals surface area contributed by atoms with Crippen molar-refractivity contribution in [2.75, 3.05) is 0 Å². The summed E-state index contributed by atoms with van der Waals surface area (Å²) in [5, 5.41) is 6.06. The lowest BCUT2D eigenvalue weighted by molar-refractivity contribution is -0.00100. The van der Waals surface area contributed by atoms with E-state index in [4.69, 9.17) is 5.41 Å². The van der Waals surface area contributed by atoms with Crippen molar-refractivity contribution in [2.24, 2.45) is 11.5 Å². The van der Waals surface area contributed by atoms with Gasteiger partial charge in [-0.3, -0.25) is 5.41 Å². The molecular formula is CH5Cl2N3-2. The van der Waals surface area contributed by atoms with E-state index in [1.807, 2.05) is 0 Å². The summed E-state index contributed by atoms with van der Waals surface area (Å²) in [6.07, 6.45) is 0. The van der Waals surface area contributed by atoms with Gasteiger partial charge in [-0.2, -0.15) is 0 Å². The van der Waals surface area contributed by atoms with E-state index in [9.17, 15) is 0 Å². The van der Waals surface area contributed by atoms with Crippen molar-refractivity contribution in [1.29, 1.82) is 5.41 Å². The zero-order valence-corrected chi connectivity index (χ0v) is 4.42. The highest BCUT2D eigenvalue weighted by Crippen LogP contribution is 1.13. The average molecular weight is 130 g/mol. The number of hydrogen-bond donors (Lipinski definition) is 3. The predicted octanol–water partition coefficient (Wildman–Crippen LogP) is -7.15. The van der Waals surface area contributed by atoms with E-state index in [0.29, 0.717) is 0 Å². The maximum atomic E-state index is 6.06. The first-order valence-corrected chi connectivity index (χ1v) is 0.827. The molecule has 0 aliphatic rings. The van der Waals surface area contributed by atoms with Crippen molar-refractivity contribution in [1.82, 2.24) is 0 Å². The Morgan fingerprint density at radius 1 is 1.17 bits per heavy atom. The summed E-state index contributed by atoms with van der Waals surface area (Å²) in [7, 11) is 0. The summed E-state index contributed by atoms with van der Waals surface area (Å²) >= 11 is 0. The van der Waals surface area contributed by atoms with Gasteiger partial charge in [-0.25, -0.2) is 0 Å². The third-order valence-electron chi connectivity index (χ3n) is 0. The van der Waals surface area contributed by atoms with E-state index in [0.717, 1.165) is 0 Å². The van der Waals surface area contributed by atoms with Crippen LogP contribution in [0, 0.1) is 5.41 Å². The molecule has 0 fully saturated rings. The highest BCUT2D eigenvalue weighted by molar-refractivity contribution is 5.71. The molecule has 0 heterocycles. The van der Waals surface area contributed by atoms with Crippen molar-refractivity contribution in [3.05, 3.63) is 0 Å². The molecule has 5 N–H and O–H groups in total. The maximum absolute atomic E-state index is 6.06. The van der Waals surface area contributed by atoms with Gasteiger partial charge < -0.3 is 36.3 Å². The largest absolute Gasteiger partial charge is 1.00 e. The molecule has 0 spiro atoms. The van der Waals surface area contributed by atoms with Gasteiger partial charge in [-0.05, 0) is 0 Å². The molecule has 6 heavy (non-hydrogen) atoms. The lowest BCUT2D eigenvalue weighted by Gasteiger charge is -1.69. The number of rotatable bonds is 0. The SMILES string of the molecule is N=C(N)N.[Cl-].[Cl-]. The first-order chi connectivity index (χ1) is 1.73.